The van der Waals surface area contributed by atoms with E-state index in [1.54, 1.807) is 6.07 Å². The van der Waals surface area contributed by atoms with Crippen LogP contribution in [0.3, 0.4) is 0 Å². The van der Waals surface area contributed by atoms with Gasteiger partial charge in [0.1, 0.15) is 16.4 Å². The first-order valence-corrected chi connectivity index (χ1v) is 10.8. The van der Waals surface area contributed by atoms with Gasteiger partial charge in [-0.15, -0.1) is 0 Å². The third-order valence-corrected chi connectivity index (χ3v) is 6.19. The molecule has 29 heavy (non-hydrogen) atoms. The minimum Gasteiger partial charge on any atom is -0.506 e. The zero-order valence-electron chi connectivity index (χ0n) is 17.4. The third-order valence-electron chi connectivity index (χ3n) is 5.03. The van der Waals surface area contributed by atoms with Crippen LogP contribution in [0, 0.1) is 0 Å². The lowest BCUT2D eigenvalue weighted by Crippen LogP contribution is -2.13. The highest BCUT2D eigenvalue weighted by Gasteiger charge is 2.22. The van der Waals surface area contributed by atoms with E-state index in [0.29, 0.717) is 5.76 Å². The average Bonchev–Trinajstić information content (AvgIpc) is 2.69. The quantitative estimate of drug-likeness (QED) is 0.504. The second-order valence-electron chi connectivity index (χ2n) is 8.29. The van der Waals surface area contributed by atoms with Gasteiger partial charge in [-0.25, -0.2) is 4.79 Å². The highest BCUT2D eigenvalue weighted by atomic mass is 32.2. The van der Waals surface area contributed by atoms with Gasteiger partial charge in [0.15, 0.2) is 0 Å². The van der Waals surface area contributed by atoms with Crippen LogP contribution in [0.15, 0.2) is 79.7 Å². The van der Waals surface area contributed by atoms with Gasteiger partial charge in [0.05, 0.1) is 0 Å². The Bertz CT molecular complexity index is 1020. The lowest BCUT2D eigenvalue weighted by Gasteiger charge is -2.22. The highest BCUT2D eigenvalue weighted by molar-refractivity contribution is 7.99. The van der Waals surface area contributed by atoms with Crippen molar-refractivity contribution in [1.29, 1.82) is 0 Å². The first-order chi connectivity index (χ1) is 13.8. The Labute approximate surface area is 176 Å². The van der Waals surface area contributed by atoms with Gasteiger partial charge in [-0.05, 0) is 35.4 Å². The maximum atomic E-state index is 12.8. The van der Waals surface area contributed by atoms with E-state index in [2.05, 4.69) is 45.9 Å². The first kappa shape index (κ1) is 21.3. The van der Waals surface area contributed by atoms with E-state index >= 15 is 0 Å². The van der Waals surface area contributed by atoms with E-state index in [4.69, 9.17) is 4.42 Å². The molecule has 0 aliphatic rings. The molecular formula is C25H28O3S. The number of hydrogen-bond donors (Lipinski definition) is 1. The molecule has 1 atom stereocenters. The summed E-state index contributed by atoms with van der Waals surface area (Å²) in [6, 6.07) is 19.7. The Hall–Kier alpha value is -2.46. The molecule has 0 saturated carbocycles. The van der Waals surface area contributed by atoms with Crippen LogP contribution in [0.1, 0.15) is 56.9 Å². The molecule has 4 heteroatoms. The minimum atomic E-state index is -0.486. The molecule has 3 nitrogen and oxygen atoms in total. The summed E-state index contributed by atoms with van der Waals surface area (Å²) in [6.07, 6.45) is 1.58. The molecular weight excluding hydrogens is 380 g/mol. The van der Waals surface area contributed by atoms with Crippen LogP contribution in [0.25, 0.3) is 0 Å². The molecule has 0 amide bonds. The fraction of sp³-hybridized carbons (Fsp3) is 0.320. The molecule has 1 unspecified atom stereocenters. The molecule has 152 valence electrons. The van der Waals surface area contributed by atoms with Crippen molar-refractivity contribution in [1.82, 2.24) is 0 Å². The zero-order valence-corrected chi connectivity index (χ0v) is 18.3. The number of hydrogen-bond acceptors (Lipinski definition) is 4. The molecule has 0 fully saturated rings. The predicted molar refractivity (Wildman–Crippen MR) is 119 cm³/mol. The summed E-state index contributed by atoms with van der Waals surface area (Å²) in [5, 5.41) is 10.7. The summed E-state index contributed by atoms with van der Waals surface area (Å²) in [6.45, 7) is 8.46. The molecule has 0 aliphatic carbocycles. The Morgan fingerprint density at radius 2 is 1.69 bits per heavy atom. The summed E-state index contributed by atoms with van der Waals surface area (Å²) in [7, 11) is 0. The van der Waals surface area contributed by atoms with Gasteiger partial charge in [-0.1, -0.05) is 88.0 Å². The van der Waals surface area contributed by atoms with Gasteiger partial charge in [-0.2, -0.15) is 0 Å². The van der Waals surface area contributed by atoms with Gasteiger partial charge in [0, 0.05) is 16.9 Å². The van der Waals surface area contributed by atoms with Crippen molar-refractivity contribution in [2.24, 2.45) is 0 Å². The molecule has 0 aliphatic heterocycles. The lowest BCUT2D eigenvalue weighted by atomic mass is 9.87. The fourth-order valence-electron chi connectivity index (χ4n) is 3.41. The largest absolute Gasteiger partial charge is 0.506 e. The average molecular weight is 409 g/mol. The van der Waals surface area contributed by atoms with E-state index in [1.807, 2.05) is 36.4 Å². The Morgan fingerprint density at radius 3 is 2.31 bits per heavy atom. The zero-order chi connectivity index (χ0) is 21.0. The van der Waals surface area contributed by atoms with Crippen LogP contribution < -0.4 is 5.63 Å². The van der Waals surface area contributed by atoms with Crippen LogP contribution in [-0.4, -0.2) is 5.11 Å². The Kier molecular flexibility index (Phi) is 6.53. The van der Waals surface area contributed by atoms with Crippen LogP contribution >= 0.6 is 11.8 Å². The predicted octanol–water partition coefficient (Wildman–Crippen LogP) is 6.53. The summed E-state index contributed by atoms with van der Waals surface area (Å²) in [4.78, 5) is 13.9. The topological polar surface area (TPSA) is 50.4 Å². The second-order valence-corrected chi connectivity index (χ2v) is 9.35. The maximum Gasteiger partial charge on any atom is 0.353 e. The lowest BCUT2D eigenvalue weighted by molar-refractivity contribution is 0.377. The van der Waals surface area contributed by atoms with Crippen LogP contribution in [0.2, 0.25) is 0 Å². The molecule has 0 saturated heterocycles. The highest BCUT2D eigenvalue weighted by Crippen LogP contribution is 2.39. The Morgan fingerprint density at radius 1 is 1.03 bits per heavy atom. The van der Waals surface area contributed by atoms with Crippen LogP contribution in [0.5, 0.6) is 5.75 Å². The van der Waals surface area contributed by atoms with Crippen molar-refractivity contribution in [3.05, 3.63) is 88.0 Å². The van der Waals surface area contributed by atoms with E-state index in [1.165, 1.54) is 17.3 Å². The molecule has 1 heterocycles. The van der Waals surface area contributed by atoms with Crippen molar-refractivity contribution >= 4 is 11.8 Å². The minimum absolute atomic E-state index is 0.0172. The molecule has 1 N–H and O–H groups in total. The fourth-order valence-corrected chi connectivity index (χ4v) is 4.55. The van der Waals surface area contributed by atoms with E-state index in [0.717, 1.165) is 23.3 Å². The SMILES string of the molecule is CCC(Cc1ccccc1)c1cc(O)c(Sc2ccccc2C(C)(C)C)c(=O)o1. The first-order valence-electron chi connectivity index (χ1n) is 9.98. The van der Waals surface area contributed by atoms with E-state index < -0.39 is 5.63 Å². The molecule has 3 aromatic rings. The summed E-state index contributed by atoms with van der Waals surface area (Å²) < 4.78 is 5.68. The monoisotopic (exact) mass is 408 g/mol. The van der Waals surface area contributed by atoms with Crippen molar-refractivity contribution in [3.63, 3.8) is 0 Å². The normalized spacial score (nSPS) is 12.7. The van der Waals surface area contributed by atoms with E-state index in [-0.39, 0.29) is 22.0 Å². The van der Waals surface area contributed by atoms with Crippen molar-refractivity contribution in [2.75, 3.05) is 0 Å². The summed E-state index contributed by atoms with van der Waals surface area (Å²) in [5.74, 6) is 0.556. The maximum absolute atomic E-state index is 12.8. The standard InChI is InChI=1S/C25H28O3S/c1-5-18(15-17-11-7-6-8-12-17)21-16-20(26)23(24(27)28-21)29-22-14-10-9-13-19(22)25(2,3)4/h6-14,16,18,26H,5,15H2,1-4H3. The van der Waals surface area contributed by atoms with Crippen LogP contribution in [0.4, 0.5) is 0 Å². The number of aromatic hydroxyl groups is 1. The van der Waals surface area contributed by atoms with Gasteiger partial charge in [-0.3, -0.25) is 0 Å². The molecule has 1 aromatic heterocycles. The second kappa shape index (κ2) is 8.91. The Balaban J connectivity index is 1.92. The summed E-state index contributed by atoms with van der Waals surface area (Å²) in [5.41, 5.74) is 1.75. The van der Waals surface area contributed by atoms with E-state index in [9.17, 15) is 9.90 Å². The van der Waals surface area contributed by atoms with Crippen LogP contribution in [-0.2, 0) is 11.8 Å². The third kappa shape index (κ3) is 5.13. The molecule has 0 radical (unpaired) electrons. The molecule has 0 spiro atoms. The van der Waals surface area contributed by atoms with Crippen molar-refractivity contribution < 1.29 is 9.52 Å². The van der Waals surface area contributed by atoms with Gasteiger partial charge >= 0.3 is 5.63 Å². The number of rotatable bonds is 6. The molecule has 3 rings (SSSR count). The van der Waals surface area contributed by atoms with Crippen molar-refractivity contribution in [2.45, 2.75) is 61.7 Å². The summed E-state index contributed by atoms with van der Waals surface area (Å²) >= 11 is 1.27. The van der Waals surface area contributed by atoms with Gasteiger partial charge < -0.3 is 9.52 Å². The van der Waals surface area contributed by atoms with Crippen molar-refractivity contribution in [3.8, 4) is 5.75 Å². The molecule has 2 aromatic carbocycles. The smallest absolute Gasteiger partial charge is 0.353 e. The van der Waals surface area contributed by atoms with Gasteiger partial charge in [0.2, 0.25) is 0 Å². The van der Waals surface area contributed by atoms with Gasteiger partial charge in [0.25, 0.3) is 0 Å². The number of benzene rings is 2. The molecule has 0 bridgehead atoms.